The summed E-state index contributed by atoms with van der Waals surface area (Å²) in [6, 6.07) is 7.69. The molecule has 0 spiro atoms. The molecule has 168 valence electrons. The van der Waals surface area contributed by atoms with E-state index in [-0.39, 0.29) is 17.9 Å². The third-order valence-corrected chi connectivity index (χ3v) is 6.13. The Morgan fingerprint density at radius 2 is 1.81 bits per heavy atom. The molecule has 1 aromatic heterocycles. The maximum absolute atomic E-state index is 13.2. The smallest absolute Gasteiger partial charge is 0.294 e. The number of carbonyl (C=O) groups excluding carboxylic acids is 1. The number of anilines is 1. The van der Waals surface area contributed by atoms with Crippen molar-refractivity contribution in [3.05, 3.63) is 34.6 Å². The van der Waals surface area contributed by atoms with Gasteiger partial charge >= 0.3 is 0 Å². The average Bonchev–Trinajstić information content (AvgIpc) is 2.82. The molecule has 0 bridgehead atoms. The van der Waals surface area contributed by atoms with Gasteiger partial charge in [-0.1, -0.05) is 12.1 Å². The van der Waals surface area contributed by atoms with Gasteiger partial charge in [0, 0.05) is 45.7 Å². The molecule has 0 saturated carbocycles. The number of aromatic nitrogens is 2. The van der Waals surface area contributed by atoms with E-state index in [4.69, 9.17) is 4.74 Å². The molecular formula is C23H33N5O3. The predicted molar refractivity (Wildman–Crippen MR) is 122 cm³/mol. The van der Waals surface area contributed by atoms with E-state index in [9.17, 15) is 9.59 Å². The van der Waals surface area contributed by atoms with Crippen LogP contribution in [0.25, 0.3) is 11.0 Å². The van der Waals surface area contributed by atoms with Crippen molar-refractivity contribution in [3.63, 3.8) is 0 Å². The van der Waals surface area contributed by atoms with E-state index in [1.165, 1.54) is 6.42 Å². The molecule has 8 heteroatoms. The summed E-state index contributed by atoms with van der Waals surface area (Å²) in [6.07, 6.45) is 4.57. The zero-order valence-electron chi connectivity index (χ0n) is 18.2. The number of nitrogens with zero attached hydrogens (tertiary/aromatic N) is 4. The van der Waals surface area contributed by atoms with E-state index < -0.39 is 0 Å². The molecule has 2 saturated heterocycles. The van der Waals surface area contributed by atoms with Crippen molar-refractivity contribution in [1.29, 1.82) is 0 Å². The lowest BCUT2D eigenvalue weighted by Crippen LogP contribution is -2.38. The number of fused-ring (bicyclic) bond motifs is 1. The summed E-state index contributed by atoms with van der Waals surface area (Å²) in [4.78, 5) is 34.8. The number of morpholine rings is 1. The number of benzene rings is 1. The van der Waals surface area contributed by atoms with Gasteiger partial charge in [-0.05, 0) is 44.4 Å². The number of piperidine rings is 1. The van der Waals surface area contributed by atoms with Crippen LogP contribution in [-0.4, -0.2) is 72.8 Å². The minimum absolute atomic E-state index is 0.0192. The standard InChI is InChI=1S/C23H33N5O3/c29-21(24-10-6-11-26-15-17-31-18-16-26)9-14-28-20-8-3-2-7-19(20)25-22(23(28)30)27-12-4-1-5-13-27/h2-3,7-8H,1,4-6,9-18H2,(H,24,29). The Labute approximate surface area is 183 Å². The number of hydrogen-bond donors (Lipinski definition) is 1. The number of nitrogens with one attached hydrogen (secondary N) is 1. The van der Waals surface area contributed by atoms with Gasteiger partial charge in [0.1, 0.15) is 0 Å². The second kappa shape index (κ2) is 10.7. The molecule has 2 fully saturated rings. The highest BCUT2D eigenvalue weighted by atomic mass is 16.5. The second-order valence-electron chi connectivity index (χ2n) is 8.34. The van der Waals surface area contributed by atoms with Gasteiger partial charge in [0.2, 0.25) is 5.91 Å². The fourth-order valence-corrected chi connectivity index (χ4v) is 4.37. The van der Waals surface area contributed by atoms with Gasteiger partial charge in [-0.3, -0.25) is 14.5 Å². The lowest BCUT2D eigenvalue weighted by atomic mass is 10.1. The van der Waals surface area contributed by atoms with E-state index in [2.05, 4.69) is 20.1 Å². The van der Waals surface area contributed by atoms with Crippen molar-refractivity contribution in [1.82, 2.24) is 19.8 Å². The predicted octanol–water partition coefficient (Wildman–Crippen LogP) is 1.62. The Morgan fingerprint density at radius 3 is 2.61 bits per heavy atom. The van der Waals surface area contributed by atoms with Crippen LogP contribution in [0.3, 0.4) is 0 Å². The van der Waals surface area contributed by atoms with E-state index in [0.29, 0.717) is 18.9 Å². The largest absolute Gasteiger partial charge is 0.379 e. The molecule has 0 unspecified atom stereocenters. The van der Waals surface area contributed by atoms with Gasteiger partial charge in [-0.15, -0.1) is 0 Å². The van der Waals surface area contributed by atoms with E-state index in [1.807, 2.05) is 24.3 Å². The van der Waals surface area contributed by atoms with Crippen LogP contribution < -0.4 is 15.8 Å². The summed E-state index contributed by atoms with van der Waals surface area (Å²) in [5.74, 6) is 0.499. The topological polar surface area (TPSA) is 79.7 Å². The van der Waals surface area contributed by atoms with Crippen molar-refractivity contribution in [2.45, 2.75) is 38.6 Å². The summed E-state index contributed by atoms with van der Waals surface area (Å²) in [6.45, 7) is 7.22. The Balaban J connectivity index is 1.37. The molecule has 2 aliphatic heterocycles. The molecule has 0 radical (unpaired) electrons. The van der Waals surface area contributed by atoms with Gasteiger partial charge in [-0.25, -0.2) is 4.98 Å². The third kappa shape index (κ3) is 5.62. The van der Waals surface area contributed by atoms with Crippen molar-refractivity contribution in [2.75, 3.05) is 57.4 Å². The Bertz CT molecular complexity index is 932. The number of aryl methyl sites for hydroxylation is 1. The molecule has 8 nitrogen and oxygen atoms in total. The first kappa shape index (κ1) is 21.8. The van der Waals surface area contributed by atoms with Gasteiger partial charge < -0.3 is 19.5 Å². The minimum Gasteiger partial charge on any atom is -0.379 e. The summed E-state index contributed by atoms with van der Waals surface area (Å²) in [5.41, 5.74) is 1.49. The van der Waals surface area contributed by atoms with Crippen LogP contribution in [-0.2, 0) is 16.1 Å². The van der Waals surface area contributed by atoms with E-state index in [0.717, 1.165) is 76.2 Å². The summed E-state index contributed by atoms with van der Waals surface area (Å²) >= 11 is 0. The van der Waals surface area contributed by atoms with Crippen LogP contribution in [0.15, 0.2) is 29.1 Å². The first-order chi connectivity index (χ1) is 15.2. The number of rotatable bonds is 8. The fraction of sp³-hybridized carbons (Fsp3) is 0.609. The number of para-hydroxylation sites is 2. The van der Waals surface area contributed by atoms with Crippen LogP contribution >= 0.6 is 0 Å². The lowest BCUT2D eigenvalue weighted by molar-refractivity contribution is -0.121. The molecule has 2 aliphatic rings. The van der Waals surface area contributed by atoms with Crippen molar-refractivity contribution >= 4 is 22.8 Å². The summed E-state index contributed by atoms with van der Waals surface area (Å²) in [5, 5.41) is 3.00. The highest BCUT2D eigenvalue weighted by Crippen LogP contribution is 2.18. The van der Waals surface area contributed by atoms with Crippen LogP contribution in [0.1, 0.15) is 32.1 Å². The van der Waals surface area contributed by atoms with Crippen molar-refractivity contribution in [3.8, 4) is 0 Å². The van der Waals surface area contributed by atoms with Gasteiger partial charge in [-0.2, -0.15) is 0 Å². The van der Waals surface area contributed by atoms with Crippen LogP contribution in [0, 0.1) is 0 Å². The molecule has 31 heavy (non-hydrogen) atoms. The van der Waals surface area contributed by atoms with Gasteiger partial charge in [0.15, 0.2) is 5.82 Å². The molecule has 3 heterocycles. The van der Waals surface area contributed by atoms with Crippen molar-refractivity contribution in [2.24, 2.45) is 0 Å². The second-order valence-corrected chi connectivity index (χ2v) is 8.34. The number of amides is 1. The molecule has 4 rings (SSSR count). The quantitative estimate of drug-likeness (QED) is 0.645. The van der Waals surface area contributed by atoms with E-state index in [1.54, 1.807) is 4.57 Å². The van der Waals surface area contributed by atoms with Crippen LogP contribution in [0.5, 0.6) is 0 Å². The van der Waals surface area contributed by atoms with Gasteiger partial charge in [0.25, 0.3) is 5.56 Å². The number of hydrogen-bond acceptors (Lipinski definition) is 6. The zero-order valence-corrected chi connectivity index (χ0v) is 18.2. The monoisotopic (exact) mass is 427 g/mol. The first-order valence-corrected chi connectivity index (χ1v) is 11.5. The maximum Gasteiger partial charge on any atom is 0.294 e. The first-order valence-electron chi connectivity index (χ1n) is 11.5. The van der Waals surface area contributed by atoms with Crippen LogP contribution in [0.4, 0.5) is 5.82 Å². The molecule has 0 aliphatic carbocycles. The highest BCUT2D eigenvalue weighted by molar-refractivity contribution is 5.78. The molecule has 1 aromatic carbocycles. The Hall–Kier alpha value is -2.45. The van der Waals surface area contributed by atoms with Gasteiger partial charge in [0.05, 0.1) is 24.2 Å². The molecule has 2 aromatic rings. The average molecular weight is 428 g/mol. The maximum atomic E-state index is 13.2. The van der Waals surface area contributed by atoms with Crippen molar-refractivity contribution < 1.29 is 9.53 Å². The normalized spacial score (nSPS) is 17.7. The SMILES string of the molecule is O=C(CCn1c(=O)c(N2CCCCC2)nc2ccccc21)NCCCN1CCOCC1. The number of ether oxygens (including phenoxy) is 1. The third-order valence-electron chi connectivity index (χ3n) is 6.13. The highest BCUT2D eigenvalue weighted by Gasteiger charge is 2.19. The summed E-state index contributed by atoms with van der Waals surface area (Å²) in [7, 11) is 0. The van der Waals surface area contributed by atoms with E-state index >= 15 is 0 Å². The fourth-order valence-electron chi connectivity index (χ4n) is 4.37. The van der Waals surface area contributed by atoms with Crippen LogP contribution in [0.2, 0.25) is 0 Å². The molecule has 1 N–H and O–H groups in total. The Kier molecular flexibility index (Phi) is 7.53. The number of carbonyl (C=O) groups is 1. The molecule has 1 amide bonds. The zero-order chi connectivity index (χ0) is 21.5. The lowest BCUT2D eigenvalue weighted by Gasteiger charge is -2.28. The minimum atomic E-state index is -0.0966. The Morgan fingerprint density at radius 1 is 1.03 bits per heavy atom. The molecule has 0 atom stereocenters. The summed E-state index contributed by atoms with van der Waals surface area (Å²) < 4.78 is 7.08. The molecular weight excluding hydrogens is 394 g/mol.